The monoisotopic (exact) mass is 304 g/mol. The molecular weight excluding hydrogens is 291 g/mol. The lowest BCUT2D eigenvalue weighted by atomic mass is 10.2. The number of hydrogen-bond donors (Lipinski definition) is 0. The molecule has 108 valence electrons. The molecule has 0 aliphatic rings. The smallest absolute Gasteiger partial charge is 0.129 e. The first kappa shape index (κ1) is 14.0. The van der Waals surface area contributed by atoms with E-state index in [2.05, 4.69) is 4.98 Å². The molecule has 0 spiro atoms. The van der Waals surface area contributed by atoms with Crippen LogP contribution in [0.3, 0.4) is 0 Å². The SMILES string of the molecule is COCc1cccc(-n2c(CCl)nc3ccc(F)cc32)c1. The van der Waals surface area contributed by atoms with Crippen LogP contribution < -0.4 is 0 Å². The van der Waals surface area contributed by atoms with Crippen molar-refractivity contribution < 1.29 is 9.13 Å². The van der Waals surface area contributed by atoms with Gasteiger partial charge in [0.2, 0.25) is 0 Å². The van der Waals surface area contributed by atoms with Crippen LogP contribution in [0.2, 0.25) is 0 Å². The number of benzene rings is 2. The summed E-state index contributed by atoms with van der Waals surface area (Å²) in [6.45, 7) is 0.519. The van der Waals surface area contributed by atoms with Gasteiger partial charge in [-0.05, 0) is 29.8 Å². The summed E-state index contributed by atoms with van der Waals surface area (Å²) in [7, 11) is 1.65. The summed E-state index contributed by atoms with van der Waals surface area (Å²) in [5.41, 5.74) is 3.37. The maximum absolute atomic E-state index is 13.6. The summed E-state index contributed by atoms with van der Waals surface area (Å²) in [5, 5.41) is 0. The van der Waals surface area contributed by atoms with Crippen LogP contribution in [0.1, 0.15) is 11.4 Å². The molecule has 0 saturated carbocycles. The molecule has 0 saturated heterocycles. The number of rotatable bonds is 4. The van der Waals surface area contributed by atoms with Crippen LogP contribution in [0, 0.1) is 5.82 Å². The van der Waals surface area contributed by atoms with E-state index in [1.807, 2.05) is 28.8 Å². The zero-order valence-corrected chi connectivity index (χ0v) is 12.3. The van der Waals surface area contributed by atoms with Gasteiger partial charge < -0.3 is 4.74 Å². The fraction of sp³-hybridized carbons (Fsp3) is 0.188. The highest BCUT2D eigenvalue weighted by molar-refractivity contribution is 6.17. The third-order valence-corrected chi connectivity index (χ3v) is 3.52. The minimum absolute atomic E-state index is 0.255. The van der Waals surface area contributed by atoms with Gasteiger partial charge in [-0.1, -0.05) is 12.1 Å². The van der Waals surface area contributed by atoms with E-state index in [9.17, 15) is 4.39 Å². The lowest BCUT2D eigenvalue weighted by molar-refractivity contribution is 0.185. The molecular formula is C16H14ClFN2O. The third kappa shape index (κ3) is 2.64. The summed E-state index contributed by atoms with van der Waals surface area (Å²) in [6, 6.07) is 12.4. The molecule has 0 amide bonds. The number of nitrogens with zero attached hydrogens (tertiary/aromatic N) is 2. The molecule has 0 aliphatic heterocycles. The number of alkyl halides is 1. The van der Waals surface area contributed by atoms with Gasteiger partial charge in [-0.25, -0.2) is 9.37 Å². The van der Waals surface area contributed by atoms with Crippen LogP contribution in [0.5, 0.6) is 0 Å². The molecule has 1 heterocycles. The fourth-order valence-corrected chi connectivity index (χ4v) is 2.61. The first-order valence-electron chi connectivity index (χ1n) is 6.54. The molecule has 1 aromatic heterocycles. The summed E-state index contributed by atoms with van der Waals surface area (Å²) >= 11 is 5.99. The number of ether oxygens (including phenoxy) is 1. The van der Waals surface area contributed by atoms with Crippen molar-refractivity contribution in [1.82, 2.24) is 9.55 Å². The first-order valence-corrected chi connectivity index (χ1v) is 7.07. The third-order valence-electron chi connectivity index (χ3n) is 3.29. The average molecular weight is 305 g/mol. The van der Waals surface area contributed by atoms with E-state index in [1.54, 1.807) is 13.2 Å². The van der Waals surface area contributed by atoms with Crippen LogP contribution in [-0.2, 0) is 17.2 Å². The van der Waals surface area contributed by atoms with E-state index in [1.165, 1.54) is 12.1 Å². The highest BCUT2D eigenvalue weighted by Crippen LogP contribution is 2.24. The number of fused-ring (bicyclic) bond motifs is 1. The summed E-state index contributed by atoms with van der Waals surface area (Å²) in [4.78, 5) is 4.46. The maximum atomic E-state index is 13.6. The van der Waals surface area contributed by atoms with Crippen LogP contribution in [-0.4, -0.2) is 16.7 Å². The van der Waals surface area contributed by atoms with Gasteiger partial charge in [-0.3, -0.25) is 4.57 Å². The molecule has 2 aromatic carbocycles. The van der Waals surface area contributed by atoms with E-state index in [4.69, 9.17) is 16.3 Å². The minimum atomic E-state index is -0.294. The number of halogens is 2. The zero-order valence-electron chi connectivity index (χ0n) is 11.5. The first-order chi connectivity index (χ1) is 10.2. The van der Waals surface area contributed by atoms with Crippen molar-refractivity contribution in [1.29, 1.82) is 0 Å². The number of aromatic nitrogens is 2. The Morgan fingerprint density at radius 3 is 2.86 bits per heavy atom. The second-order valence-electron chi connectivity index (χ2n) is 4.73. The van der Waals surface area contributed by atoms with Crippen molar-refractivity contribution in [3.05, 3.63) is 59.7 Å². The van der Waals surface area contributed by atoms with Gasteiger partial charge >= 0.3 is 0 Å². The summed E-state index contributed by atoms with van der Waals surface area (Å²) < 4.78 is 20.6. The van der Waals surface area contributed by atoms with Crippen molar-refractivity contribution in [3.8, 4) is 5.69 Å². The van der Waals surface area contributed by atoms with E-state index in [-0.39, 0.29) is 11.7 Å². The van der Waals surface area contributed by atoms with Crippen LogP contribution in [0.15, 0.2) is 42.5 Å². The number of methoxy groups -OCH3 is 1. The second-order valence-corrected chi connectivity index (χ2v) is 5.00. The van der Waals surface area contributed by atoms with Crippen molar-refractivity contribution in [2.45, 2.75) is 12.5 Å². The Hall–Kier alpha value is -1.91. The van der Waals surface area contributed by atoms with E-state index in [0.29, 0.717) is 17.9 Å². The Bertz CT molecular complexity index is 785. The predicted octanol–water partition coefficient (Wildman–Crippen LogP) is 4.05. The topological polar surface area (TPSA) is 27.1 Å². The standard InChI is InChI=1S/C16H14ClFN2O/c1-21-10-11-3-2-4-13(7-11)20-15-8-12(18)5-6-14(15)19-16(20)9-17/h2-8H,9-10H2,1H3. The van der Waals surface area contributed by atoms with Crippen LogP contribution in [0.25, 0.3) is 16.7 Å². The van der Waals surface area contributed by atoms with Gasteiger partial charge in [0, 0.05) is 18.9 Å². The Morgan fingerprint density at radius 1 is 1.24 bits per heavy atom. The Kier molecular flexibility index (Phi) is 3.90. The summed E-state index contributed by atoms with van der Waals surface area (Å²) in [6.07, 6.45) is 0. The highest BCUT2D eigenvalue weighted by Gasteiger charge is 2.12. The van der Waals surface area contributed by atoms with Crippen molar-refractivity contribution in [2.75, 3.05) is 7.11 Å². The molecule has 3 aromatic rings. The molecule has 0 aliphatic carbocycles. The van der Waals surface area contributed by atoms with Crippen LogP contribution in [0.4, 0.5) is 4.39 Å². The lowest BCUT2D eigenvalue weighted by Crippen LogP contribution is -2.00. The predicted molar refractivity (Wildman–Crippen MR) is 81.3 cm³/mol. The molecule has 3 rings (SSSR count). The van der Waals surface area contributed by atoms with Gasteiger partial charge in [-0.2, -0.15) is 0 Å². The van der Waals surface area contributed by atoms with Gasteiger partial charge in [-0.15, -0.1) is 11.6 Å². The summed E-state index contributed by atoms with van der Waals surface area (Å²) in [5.74, 6) is 0.648. The zero-order chi connectivity index (χ0) is 14.8. The molecule has 0 fully saturated rings. The molecule has 21 heavy (non-hydrogen) atoms. The Morgan fingerprint density at radius 2 is 2.10 bits per heavy atom. The fourth-order valence-electron chi connectivity index (χ4n) is 2.43. The second kappa shape index (κ2) is 5.84. The van der Waals surface area contributed by atoms with E-state index in [0.717, 1.165) is 16.8 Å². The van der Waals surface area contributed by atoms with E-state index < -0.39 is 0 Å². The van der Waals surface area contributed by atoms with Crippen molar-refractivity contribution >= 4 is 22.6 Å². The van der Waals surface area contributed by atoms with Crippen molar-refractivity contribution in [2.24, 2.45) is 0 Å². The average Bonchev–Trinajstić information content (AvgIpc) is 2.85. The normalized spacial score (nSPS) is 11.2. The van der Waals surface area contributed by atoms with E-state index >= 15 is 0 Å². The van der Waals surface area contributed by atoms with Gasteiger partial charge in [0.15, 0.2) is 0 Å². The molecule has 0 atom stereocenters. The maximum Gasteiger partial charge on any atom is 0.129 e. The molecule has 0 radical (unpaired) electrons. The number of hydrogen-bond acceptors (Lipinski definition) is 2. The minimum Gasteiger partial charge on any atom is -0.380 e. The molecule has 0 unspecified atom stereocenters. The Labute approximate surface area is 126 Å². The largest absolute Gasteiger partial charge is 0.380 e. The molecule has 3 nitrogen and oxygen atoms in total. The Balaban J connectivity index is 2.22. The van der Waals surface area contributed by atoms with Crippen molar-refractivity contribution in [3.63, 3.8) is 0 Å². The molecule has 5 heteroatoms. The lowest BCUT2D eigenvalue weighted by Gasteiger charge is -2.09. The molecule has 0 bridgehead atoms. The highest BCUT2D eigenvalue weighted by atomic mass is 35.5. The van der Waals surface area contributed by atoms with Gasteiger partial charge in [0.1, 0.15) is 11.6 Å². The van der Waals surface area contributed by atoms with Crippen LogP contribution >= 0.6 is 11.6 Å². The quantitative estimate of drug-likeness (QED) is 0.680. The van der Waals surface area contributed by atoms with Gasteiger partial charge in [0.25, 0.3) is 0 Å². The van der Waals surface area contributed by atoms with Gasteiger partial charge in [0.05, 0.1) is 23.5 Å². The molecule has 0 N–H and O–H groups in total. The number of imidazole rings is 1.